The van der Waals surface area contributed by atoms with Crippen LogP contribution in [0.15, 0.2) is 32.0 Å². The van der Waals surface area contributed by atoms with Crippen LogP contribution in [-0.4, -0.2) is 39.0 Å². The Hall–Kier alpha value is 0.0500. The number of methoxy groups -OCH3 is 1. The van der Waals surface area contributed by atoms with Crippen LogP contribution >= 0.6 is 31.9 Å². The fourth-order valence-electron chi connectivity index (χ4n) is 1.85. The predicted octanol–water partition coefficient (Wildman–Crippen LogP) is 3.26. The number of benzene rings is 1. The van der Waals surface area contributed by atoms with E-state index in [9.17, 15) is 8.42 Å². The Kier molecular flexibility index (Phi) is 6.46. The monoisotopic (exact) mass is 413 g/mol. The normalized spacial score (nSPS) is 13.8. The minimum atomic E-state index is -3.53. The Morgan fingerprint density at radius 2 is 2.00 bits per heavy atom. The molecule has 0 saturated heterocycles. The highest BCUT2D eigenvalue weighted by atomic mass is 79.9. The van der Waals surface area contributed by atoms with Gasteiger partial charge in [-0.3, -0.25) is 0 Å². The summed E-state index contributed by atoms with van der Waals surface area (Å²) in [5, 5.41) is 0. The summed E-state index contributed by atoms with van der Waals surface area (Å²) in [4.78, 5) is 0.264. The quantitative estimate of drug-likeness (QED) is 0.717. The van der Waals surface area contributed by atoms with E-state index in [0.717, 1.165) is 4.47 Å². The lowest BCUT2D eigenvalue weighted by atomic mass is 10.3. The van der Waals surface area contributed by atoms with Crippen molar-refractivity contribution in [1.29, 1.82) is 0 Å². The summed E-state index contributed by atoms with van der Waals surface area (Å²) in [6.07, 6.45) is 0. The highest BCUT2D eigenvalue weighted by molar-refractivity contribution is 9.11. The summed E-state index contributed by atoms with van der Waals surface area (Å²) >= 11 is 6.61. The van der Waals surface area contributed by atoms with Gasteiger partial charge < -0.3 is 4.74 Å². The van der Waals surface area contributed by atoms with Gasteiger partial charge in [0.05, 0.1) is 11.5 Å². The minimum Gasteiger partial charge on any atom is -0.383 e. The molecule has 0 spiro atoms. The molecule has 1 unspecified atom stereocenters. The molecule has 0 radical (unpaired) electrons. The molecule has 4 nitrogen and oxygen atoms in total. The van der Waals surface area contributed by atoms with Crippen molar-refractivity contribution in [2.24, 2.45) is 0 Å². The first-order valence-electron chi connectivity index (χ1n) is 5.80. The Morgan fingerprint density at radius 1 is 1.37 bits per heavy atom. The van der Waals surface area contributed by atoms with Crippen LogP contribution in [0.5, 0.6) is 0 Å². The molecular weight excluding hydrogens is 398 g/mol. The first-order valence-corrected chi connectivity index (χ1v) is 8.83. The molecule has 0 amide bonds. The molecule has 0 aliphatic heterocycles. The first kappa shape index (κ1) is 17.1. The van der Waals surface area contributed by atoms with Crippen LogP contribution in [0.25, 0.3) is 0 Å². The van der Waals surface area contributed by atoms with E-state index < -0.39 is 10.0 Å². The minimum absolute atomic E-state index is 0.212. The van der Waals surface area contributed by atoms with Crippen LogP contribution in [0, 0.1) is 0 Å². The molecule has 1 rings (SSSR count). The Bertz CT molecular complexity index is 534. The lowest BCUT2D eigenvalue weighted by molar-refractivity contribution is 0.142. The predicted molar refractivity (Wildman–Crippen MR) is 82.7 cm³/mol. The molecule has 0 bridgehead atoms. The maximum absolute atomic E-state index is 12.6. The van der Waals surface area contributed by atoms with Gasteiger partial charge in [0.1, 0.15) is 0 Å². The summed E-state index contributed by atoms with van der Waals surface area (Å²) in [6, 6.07) is 4.82. The van der Waals surface area contributed by atoms with Gasteiger partial charge in [0.15, 0.2) is 0 Å². The third-order valence-electron chi connectivity index (χ3n) is 2.69. The SMILES string of the molecule is CCN(C(C)COC)S(=O)(=O)c1ccc(Br)cc1Br. The van der Waals surface area contributed by atoms with Crippen molar-refractivity contribution in [1.82, 2.24) is 4.31 Å². The molecule has 0 N–H and O–H groups in total. The van der Waals surface area contributed by atoms with E-state index in [1.54, 1.807) is 25.3 Å². The van der Waals surface area contributed by atoms with Crippen LogP contribution < -0.4 is 0 Å². The zero-order valence-corrected chi connectivity index (χ0v) is 15.0. The van der Waals surface area contributed by atoms with Crippen LogP contribution in [0.3, 0.4) is 0 Å². The smallest absolute Gasteiger partial charge is 0.244 e. The fourth-order valence-corrected chi connectivity index (χ4v) is 5.19. The summed E-state index contributed by atoms with van der Waals surface area (Å²) < 4.78 is 33.1. The van der Waals surface area contributed by atoms with E-state index in [4.69, 9.17) is 4.74 Å². The summed E-state index contributed by atoms with van der Waals surface area (Å²) in [6.45, 7) is 4.41. The van der Waals surface area contributed by atoms with E-state index in [1.807, 2.05) is 13.8 Å². The molecule has 0 saturated carbocycles. The number of nitrogens with zero attached hydrogens (tertiary/aromatic N) is 1. The Balaban J connectivity index is 3.20. The van der Waals surface area contributed by atoms with Crippen molar-refractivity contribution in [2.75, 3.05) is 20.3 Å². The topological polar surface area (TPSA) is 46.6 Å². The lowest BCUT2D eigenvalue weighted by Gasteiger charge is -2.27. The van der Waals surface area contributed by atoms with Crippen LogP contribution in [0.2, 0.25) is 0 Å². The van der Waals surface area contributed by atoms with Crippen LogP contribution in [0.1, 0.15) is 13.8 Å². The molecule has 19 heavy (non-hydrogen) atoms. The summed E-state index contributed by atoms with van der Waals surface area (Å²) in [5.41, 5.74) is 0. The Labute approximate surface area is 131 Å². The molecular formula is C12H17Br2NO3S. The van der Waals surface area contributed by atoms with Gasteiger partial charge >= 0.3 is 0 Å². The maximum atomic E-state index is 12.6. The molecule has 0 aromatic heterocycles. The van der Waals surface area contributed by atoms with Crippen LogP contribution in [0.4, 0.5) is 0 Å². The third-order valence-corrected chi connectivity index (χ3v) is 6.25. The van der Waals surface area contributed by atoms with Gasteiger partial charge in [-0.15, -0.1) is 0 Å². The number of ether oxygens (including phenoxy) is 1. The number of hydrogen-bond acceptors (Lipinski definition) is 3. The average Bonchev–Trinajstić information content (AvgIpc) is 2.28. The van der Waals surface area contributed by atoms with E-state index in [0.29, 0.717) is 17.6 Å². The van der Waals surface area contributed by atoms with E-state index in [1.165, 1.54) is 4.31 Å². The molecule has 0 fully saturated rings. The second-order valence-corrected chi connectivity index (χ2v) is 7.72. The zero-order chi connectivity index (χ0) is 14.6. The van der Waals surface area contributed by atoms with Crippen molar-refractivity contribution < 1.29 is 13.2 Å². The third kappa shape index (κ3) is 4.01. The van der Waals surface area contributed by atoms with E-state index in [2.05, 4.69) is 31.9 Å². The average molecular weight is 415 g/mol. The second kappa shape index (κ2) is 7.17. The zero-order valence-electron chi connectivity index (χ0n) is 11.1. The van der Waals surface area contributed by atoms with E-state index in [-0.39, 0.29) is 10.9 Å². The lowest BCUT2D eigenvalue weighted by Crippen LogP contribution is -2.40. The number of rotatable bonds is 6. The van der Waals surface area contributed by atoms with Gasteiger partial charge in [-0.1, -0.05) is 22.9 Å². The number of likely N-dealkylation sites (N-methyl/N-ethyl adjacent to an activating group) is 1. The largest absolute Gasteiger partial charge is 0.383 e. The molecule has 0 heterocycles. The van der Waals surface area contributed by atoms with Gasteiger partial charge in [0, 0.05) is 28.6 Å². The van der Waals surface area contributed by atoms with E-state index >= 15 is 0 Å². The number of sulfonamides is 1. The van der Waals surface area contributed by atoms with Crippen molar-refractivity contribution >= 4 is 41.9 Å². The molecule has 0 aliphatic rings. The molecule has 7 heteroatoms. The number of halogens is 2. The van der Waals surface area contributed by atoms with Crippen molar-refractivity contribution in [2.45, 2.75) is 24.8 Å². The maximum Gasteiger partial charge on any atom is 0.244 e. The van der Waals surface area contributed by atoms with Gasteiger partial charge in [0.25, 0.3) is 0 Å². The highest BCUT2D eigenvalue weighted by Gasteiger charge is 2.29. The van der Waals surface area contributed by atoms with Gasteiger partial charge in [-0.2, -0.15) is 4.31 Å². The van der Waals surface area contributed by atoms with Crippen molar-refractivity contribution in [3.63, 3.8) is 0 Å². The molecule has 1 aromatic carbocycles. The molecule has 1 atom stereocenters. The van der Waals surface area contributed by atoms with Crippen molar-refractivity contribution in [3.05, 3.63) is 27.1 Å². The summed E-state index contributed by atoms with van der Waals surface area (Å²) in [5.74, 6) is 0. The molecule has 108 valence electrons. The second-order valence-electron chi connectivity index (χ2n) is 4.09. The highest BCUT2D eigenvalue weighted by Crippen LogP contribution is 2.28. The van der Waals surface area contributed by atoms with Crippen molar-refractivity contribution in [3.8, 4) is 0 Å². The number of hydrogen-bond donors (Lipinski definition) is 0. The van der Waals surface area contributed by atoms with Gasteiger partial charge in [-0.05, 0) is 41.1 Å². The molecule has 1 aromatic rings. The Morgan fingerprint density at radius 3 is 2.47 bits per heavy atom. The van der Waals surface area contributed by atoms with Crippen LogP contribution in [-0.2, 0) is 14.8 Å². The molecule has 0 aliphatic carbocycles. The fraction of sp³-hybridized carbons (Fsp3) is 0.500. The van der Waals surface area contributed by atoms with Gasteiger partial charge in [0.2, 0.25) is 10.0 Å². The standard InChI is InChI=1S/C12H17Br2NO3S/c1-4-15(9(2)8-18-3)19(16,17)12-6-5-10(13)7-11(12)14/h5-7,9H,4,8H2,1-3H3. The summed E-state index contributed by atoms with van der Waals surface area (Å²) in [7, 11) is -1.97. The van der Waals surface area contributed by atoms with Gasteiger partial charge in [-0.25, -0.2) is 8.42 Å². The first-order chi connectivity index (χ1) is 8.84.